The number of ether oxygens (including phenoxy) is 1. The number of amides is 2. The molecule has 3 aliphatic rings. The monoisotopic (exact) mass is 337 g/mol. The van der Waals surface area contributed by atoms with E-state index in [-0.39, 0.29) is 17.7 Å². The highest BCUT2D eigenvalue weighted by molar-refractivity contribution is 5.91. The summed E-state index contributed by atoms with van der Waals surface area (Å²) < 4.78 is 5.47. The summed E-state index contributed by atoms with van der Waals surface area (Å²) in [6.45, 7) is 10.7. The minimum Gasteiger partial charge on any atom is -0.379 e. The van der Waals surface area contributed by atoms with E-state index in [2.05, 4.69) is 17.1 Å². The molecule has 3 rings (SSSR count). The molecule has 0 bridgehead atoms. The summed E-state index contributed by atoms with van der Waals surface area (Å²) in [6, 6.07) is 0.420. The fourth-order valence-corrected chi connectivity index (χ4v) is 4.43. The van der Waals surface area contributed by atoms with E-state index in [1.807, 2.05) is 11.8 Å². The predicted octanol–water partition coefficient (Wildman–Crippen LogP) is 0.860. The van der Waals surface area contributed by atoms with Gasteiger partial charge in [0.2, 0.25) is 11.8 Å². The van der Waals surface area contributed by atoms with Gasteiger partial charge in [0.25, 0.3) is 0 Å². The minimum absolute atomic E-state index is 0.106. The molecular formula is C18H31N3O3. The highest BCUT2D eigenvalue weighted by atomic mass is 16.5. The largest absolute Gasteiger partial charge is 0.379 e. The van der Waals surface area contributed by atoms with Crippen LogP contribution in [0.3, 0.4) is 0 Å². The van der Waals surface area contributed by atoms with E-state index in [1.165, 1.54) is 6.92 Å². The highest BCUT2D eigenvalue weighted by Crippen LogP contribution is 2.41. The van der Waals surface area contributed by atoms with Crippen molar-refractivity contribution in [1.82, 2.24) is 15.1 Å². The van der Waals surface area contributed by atoms with Crippen LogP contribution in [0.1, 0.15) is 40.0 Å². The second-order valence-electron chi connectivity index (χ2n) is 7.75. The lowest BCUT2D eigenvalue weighted by Crippen LogP contribution is -2.59. The summed E-state index contributed by atoms with van der Waals surface area (Å²) >= 11 is 0. The summed E-state index contributed by atoms with van der Waals surface area (Å²) in [5.74, 6) is 0.785. The van der Waals surface area contributed by atoms with Gasteiger partial charge in [-0.25, -0.2) is 0 Å². The van der Waals surface area contributed by atoms with Crippen LogP contribution in [0.2, 0.25) is 0 Å². The maximum absolute atomic E-state index is 13.2. The Balaban J connectivity index is 1.71. The molecule has 0 aromatic carbocycles. The first kappa shape index (κ1) is 17.7. The molecule has 3 atom stereocenters. The van der Waals surface area contributed by atoms with Crippen molar-refractivity contribution in [2.24, 2.45) is 11.8 Å². The van der Waals surface area contributed by atoms with Crippen LogP contribution in [0, 0.1) is 11.8 Å². The number of morpholine rings is 1. The third-order valence-corrected chi connectivity index (χ3v) is 6.01. The topological polar surface area (TPSA) is 61.9 Å². The lowest BCUT2D eigenvalue weighted by atomic mass is 9.93. The minimum atomic E-state index is -0.732. The Morgan fingerprint density at radius 2 is 1.88 bits per heavy atom. The van der Waals surface area contributed by atoms with Crippen molar-refractivity contribution in [2.45, 2.75) is 51.6 Å². The number of carbonyl (C=O) groups excluding carboxylic acids is 2. The van der Waals surface area contributed by atoms with Crippen LogP contribution in [0.15, 0.2) is 0 Å². The molecule has 0 aromatic rings. The van der Waals surface area contributed by atoms with Crippen molar-refractivity contribution in [3.8, 4) is 0 Å². The van der Waals surface area contributed by atoms with E-state index in [9.17, 15) is 9.59 Å². The normalized spacial score (nSPS) is 30.9. The number of rotatable bonds is 5. The molecule has 2 aliphatic heterocycles. The van der Waals surface area contributed by atoms with Crippen molar-refractivity contribution < 1.29 is 14.3 Å². The molecule has 136 valence electrons. The lowest BCUT2D eigenvalue weighted by Gasteiger charge is -2.35. The molecule has 0 unspecified atom stereocenters. The van der Waals surface area contributed by atoms with Gasteiger partial charge in [-0.15, -0.1) is 0 Å². The van der Waals surface area contributed by atoms with Gasteiger partial charge >= 0.3 is 0 Å². The lowest BCUT2D eigenvalue weighted by molar-refractivity contribution is -0.141. The number of carbonyl (C=O) groups is 2. The maximum Gasteiger partial charge on any atom is 0.248 e. The average molecular weight is 337 g/mol. The molecule has 1 aliphatic carbocycles. The summed E-state index contributed by atoms with van der Waals surface area (Å²) in [5, 5.41) is 2.96. The fourth-order valence-electron chi connectivity index (χ4n) is 4.43. The molecule has 6 nitrogen and oxygen atoms in total. The van der Waals surface area contributed by atoms with Crippen LogP contribution in [0.4, 0.5) is 0 Å². The molecule has 0 aromatic heterocycles. The molecule has 2 heterocycles. The summed E-state index contributed by atoms with van der Waals surface area (Å²) in [6.07, 6.45) is 3.13. The van der Waals surface area contributed by atoms with E-state index >= 15 is 0 Å². The summed E-state index contributed by atoms with van der Waals surface area (Å²) in [7, 11) is 0. The van der Waals surface area contributed by atoms with Gasteiger partial charge < -0.3 is 15.0 Å². The average Bonchev–Trinajstić information content (AvgIpc) is 3.34. The molecule has 0 spiro atoms. The Bertz CT molecular complexity index is 488. The zero-order chi connectivity index (χ0) is 17.3. The Morgan fingerprint density at radius 1 is 1.21 bits per heavy atom. The zero-order valence-electron chi connectivity index (χ0n) is 15.2. The van der Waals surface area contributed by atoms with Gasteiger partial charge in [0.1, 0.15) is 5.54 Å². The maximum atomic E-state index is 13.2. The van der Waals surface area contributed by atoms with Gasteiger partial charge in [-0.1, -0.05) is 13.3 Å². The molecule has 6 heteroatoms. The van der Waals surface area contributed by atoms with Gasteiger partial charge in [0.05, 0.1) is 13.2 Å². The van der Waals surface area contributed by atoms with Gasteiger partial charge in [0.15, 0.2) is 0 Å². The van der Waals surface area contributed by atoms with Crippen LogP contribution < -0.4 is 5.32 Å². The Hall–Kier alpha value is -1.14. The fraction of sp³-hybridized carbons (Fsp3) is 0.889. The van der Waals surface area contributed by atoms with Crippen molar-refractivity contribution in [2.75, 3.05) is 39.4 Å². The van der Waals surface area contributed by atoms with Crippen LogP contribution >= 0.6 is 0 Å². The first-order valence-electron chi connectivity index (χ1n) is 9.35. The van der Waals surface area contributed by atoms with E-state index in [0.717, 1.165) is 58.7 Å². The van der Waals surface area contributed by atoms with Crippen molar-refractivity contribution in [3.05, 3.63) is 0 Å². The molecule has 2 amide bonds. The predicted molar refractivity (Wildman–Crippen MR) is 91.5 cm³/mol. The van der Waals surface area contributed by atoms with Gasteiger partial charge in [-0.05, 0) is 31.6 Å². The highest BCUT2D eigenvalue weighted by Gasteiger charge is 2.51. The van der Waals surface area contributed by atoms with Crippen molar-refractivity contribution >= 4 is 11.8 Å². The van der Waals surface area contributed by atoms with Gasteiger partial charge in [-0.3, -0.25) is 14.5 Å². The second-order valence-corrected chi connectivity index (χ2v) is 7.75. The quantitative estimate of drug-likeness (QED) is 0.808. The SMILES string of the molecule is CC[C@@H]1CN(C(=O)[C@@](C)(NC(C)=O)C2CC2)C[C@@H]1N1CCOCC1. The molecule has 3 fully saturated rings. The summed E-state index contributed by atoms with van der Waals surface area (Å²) in [4.78, 5) is 29.4. The third-order valence-electron chi connectivity index (χ3n) is 6.01. The van der Waals surface area contributed by atoms with Crippen molar-refractivity contribution in [3.63, 3.8) is 0 Å². The molecule has 24 heavy (non-hydrogen) atoms. The molecule has 0 radical (unpaired) electrons. The first-order valence-corrected chi connectivity index (χ1v) is 9.35. The van der Waals surface area contributed by atoms with Gasteiger partial charge in [-0.2, -0.15) is 0 Å². The van der Waals surface area contributed by atoms with E-state index in [0.29, 0.717) is 12.0 Å². The number of likely N-dealkylation sites (tertiary alicyclic amines) is 1. The number of hydrogen-bond acceptors (Lipinski definition) is 4. The number of nitrogens with one attached hydrogen (secondary N) is 1. The van der Waals surface area contributed by atoms with Gasteiger partial charge in [0, 0.05) is 39.1 Å². The van der Waals surface area contributed by atoms with Crippen molar-refractivity contribution in [1.29, 1.82) is 0 Å². The van der Waals surface area contributed by atoms with Crippen LogP contribution in [0.25, 0.3) is 0 Å². The third kappa shape index (κ3) is 3.45. The van der Waals surface area contributed by atoms with Crippen LogP contribution in [0.5, 0.6) is 0 Å². The van der Waals surface area contributed by atoms with E-state index < -0.39 is 5.54 Å². The van der Waals surface area contributed by atoms with Crippen LogP contribution in [-0.2, 0) is 14.3 Å². The van der Waals surface area contributed by atoms with E-state index in [4.69, 9.17) is 4.74 Å². The van der Waals surface area contributed by atoms with Crippen LogP contribution in [-0.4, -0.2) is 72.6 Å². The number of nitrogens with zero attached hydrogens (tertiary/aromatic N) is 2. The Kier molecular flexibility index (Phi) is 5.16. The smallest absolute Gasteiger partial charge is 0.248 e. The van der Waals surface area contributed by atoms with E-state index in [1.54, 1.807) is 0 Å². The zero-order valence-corrected chi connectivity index (χ0v) is 15.2. The number of hydrogen-bond donors (Lipinski definition) is 1. The second kappa shape index (κ2) is 7.00. The first-order chi connectivity index (χ1) is 11.5. The molecular weight excluding hydrogens is 306 g/mol. The molecule has 1 N–H and O–H groups in total. The summed E-state index contributed by atoms with van der Waals surface area (Å²) in [5.41, 5.74) is -0.732. The molecule has 2 saturated heterocycles. The Morgan fingerprint density at radius 3 is 2.42 bits per heavy atom. The standard InChI is InChI=1S/C18H31N3O3/c1-4-14-11-21(12-16(14)20-7-9-24-10-8-20)17(23)18(3,15-5-6-15)19-13(2)22/h14-16H,4-12H2,1-3H3,(H,19,22)/t14-,16+,18+/m1/s1. The Labute approximate surface area is 144 Å². The molecule has 1 saturated carbocycles.